The molecule has 3 aromatic heterocycles. The van der Waals surface area contributed by atoms with Gasteiger partial charge in [0.25, 0.3) is 0 Å². The number of aromatic nitrogens is 1. The molecule has 0 spiro atoms. The maximum absolute atomic E-state index is 15.9. The van der Waals surface area contributed by atoms with Crippen LogP contribution in [0, 0.1) is 29.0 Å². The van der Waals surface area contributed by atoms with E-state index in [1.807, 2.05) is 5.38 Å². The van der Waals surface area contributed by atoms with Crippen LogP contribution in [0.15, 0.2) is 33.4 Å². The molecule has 1 aliphatic heterocycles. The van der Waals surface area contributed by atoms with Crippen molar-refractivity contribution in [3.63, 3.8) is 0 Å². The lowest BCUT2D eigenvalue weighted by Gasteiger charge is -2.49. The summed E-state index contributed by atoms with van der Waals surface area (Å²) in [6.45, 7) is 2.02. The van der Waals surface area contributed by atoms with Gasteiger partial charge in [-0.15, -0.1) is 11.3 Å². The molecular weight excluding hydrogens is 455 g/mol. The predicted octanol–water partition coefficient (Wildman–Crippen LogP) is 2.89. The molecule has 4 heterocycles. The summed E-state index contributed by atoms with van der Waals surface area (Å²) in [5.41, 5.74) is 6.98. The Morgan fingerprint density at radius 3 is 2.91 bits per heavy atom. The zero-order valence-electron chi connectivity index (χ0n) is 18.5. The number of carboxylic acids is 1. The van der Waals surface area contributed by atoms with E-state index in [9.17, 15) is 14.7 Å². The third kappa shape index (κ3) is 2.22. The van der Waals surface area contributed by atoms with E-state index in [0.717, 1.165) is 19.4 Å². The summed E-state index contributed by atoms with van der Waals surface area (Å²) in [5.74, 6) is -0.560. The molecule has 3 N–H and O–H groups in total. The first kappa shape index (κ1) is 20.3. The predicted molar refractivity (Wildman–Crippen MR) is 130 cm³/mol. The molecule has 4 atom stereocenters. The molecule has 2 fully saturated rings. The molecule has 1 saturated carbocycles. The lowest BCUT2D eigenvalue weighted by atomic mass is 9.55. The first-order valence-corrected chi connectivity index (χ1v) is 12.5. The zero-order chi connectivity index (χ0) is 23.5. The van der Waals surface area contributed by atoms with Gasteiger partial charge in [0.15, 0.2) is 0 Å². The van der Waals surface area contributed by atoms with E-state index in [1.165, 1.54) is 17.4 Å². The number of carboxylic acid groups (broad SMARTS) is 1. The zero-order valence-corrected chi connectivity index (χ0v) is 19.4. The summed E-state index contributed by atoms with van der Waals surface area (Å²) >= 11 is 1.20. The number of thiazole rings is 1. The first-order valence-electron chi connectivity index (χ1n) is 11.6. The topological polar surface area (TPSA) is 100 Å². The number of nitrogens with two attached hydrogens (primary N) is 1. The minimum Gasteiger partial charge on any atom is -0.477 e. The van der Waals surface area contributed by atoms with Gasteiger partial charge in [0.2, 0.25) is 5.43 Å². The van der Waals surface area contributed by atoms with Crippen molar-refractivity contribution in [2.24, 2.45) is 33.9 Å². The molecule has 4 aliphatic rings. The number of pyridine rings is 1. The number of aromatic carboxylic acids is 1. The molecule has 3 aliphatic carbocycles. The maximum Gasteiger partial charge on any atom is 0.342 e. The Kier molecular flexibility index (Phi) is 3.92. The van der Waals surface area contributed by atoms with Gasteiger partial charge >= 0.3 is 5.97 Å². The molecule has 4 aromatic rings. The molecule has 0 amide bonds. The largest absolute Gasteiger partial charge is 0.477 e. The molecule has 7 nitrogen and oxygen atoms in total. The van der Waals surface area contributed by atoms with Crippen LogP contribution in [0.5, 0.6) is 0 Å². The minimum atomic E-state index is -1.31. The molecule has 4 unspecified atom stereocenters. The van der Waals surface area contributed by atoms with Crippen molar-refractivity contribution in [2.75, 3.05) is 31.6 Å². The highest BCUT2D eigenvalue weighted by molar-refractivity contribution is 7.16. The van der Waals surface area contributed by atoms with Gasteiger partial charge in [0, 0.05) is 37.5 Å². The van der Waals surface area contributed by atoms with Crippen molar-refractivity contribution in [2.45, 2.75) is 12.8 Å². The highest BCUT2D eigenvalue weighted by Crippen LogP contribution is 2.56. The van der Waals surface area contributed by atoms with Gasteiger partial charge in [-0.1, -0.05) is 12.2 Å². The van der Waals surface area contributed by atoms with Gasteiger partial charge in [-0.25, -0.2) is 9.18 Å². The summed E-state index contributed by atoms with van der Waals surface area (Å²) in [5, 5.41) is 12.8. The fourth-order valence-electron chi connectivity index (χ4n) is 7.20. The monoisotopic (exact) mass is 478 g/mol. The number of nitrogens with zero attached hydrogens (tertiary/aromatic N) is 3. The molecule has 9 heteroatoms. The van der Waals surface area contributed by atoms with Crippen molar-refractivity contribution < 1.29 is 14.3 Å². The molecule has 1 aromatic carbocycles. The second kappa shape index (κ2) is 6.55. The summed E-state index contributed by atoms with van der Waals surface area (Å²) in [6, 6.07) is 1.23. The van der Waals surface area contributed by atoms with E-state index < -0.39 is 17.2 Å². The molecule has 34 heavy (non-hydrogen) atoms. The Hall–Kier alpha value is -3.04. The number of carbonyl (C=O) groups is 1. The van der Waals surface area contributed by atoms with E-state index >= 15 is 4.39 Å². The Balaban J connectivity index is 1.52. The van der Waals surface area contributed by atoms with Gasteiger partial charge in [-0.3, -0.25) is 14.2 Å². The fourth-order valence-corrected chi connectivity index (χ4v) is 8.23. The first-order chi connectivity index (χ1) is 16.4. The van der Waals surface area contributed by atoms with E-state index in [1.54, 1.807) is 11.4 Å². The Bertz CT molecular complexity index is 1670. The van der Waals surface area contributed by atoms with E-state index in [-0.39, 0.29) is 16.4 Å². The van der Waals surface area contributed by atoms with Gasteiger partial charge in [0.05, 0.1) is 32.9 Å². The van der Waals surface area contributed by atoms with Gasteiger partial charge in [-0.05, 0) is 36.7 Å². The normalized spacial score (nSPS) is 28.9. The number of hydrogen-bond donors (Lipinski definition) is 2. The number of halogens is 1. The van der Waals surface area contributed by atoms with Crippen LogP contribution in [0.25, 0.3) is 26.6 Å². The minimum absolute atomic E-state index is 0.0394. The van der Waals surface area contributed by atoms with Crippen LogP contribution in [0.4, 0.5) is 10.1 Å². The summed E-state index contributed by atoms with van der Waals surface area (Å²) < 4.78 is 17.7. The Morgan fingerprint density at radius 1 is 1.41 bits per heavy atom. The van der Waals surface area contributed by atoms with Gasteiger partial charge < -0.3 is 15.7 Å². The van der Waals surface area contributed by atoms with Crippen LogP contribution >= 0.6 is 11.3 Å². The van der Waals surface area contributed by atoms with Gasteiger partial charge in [-0.2, -0.15) is 0 Å². The van der Waals surface area contributed by atoms with Crippen LogP contribution in [0.3, 0.4) is 0 Å². The average Bonchev–Trinajstić information content (AvgIpc) is 3.53. The average molecular weight is 479 g/mol. The maximum atomic E-state index is 15.9. The Labute approximate surface area is 197 Å². The third-order valence-electron chi connectivity index (χ3n) is 8.75. The quantitative estimate of drug-likeness (QED) is 0.441. The van der Waals surface area contributed by atoms with Crippen molar-refractivity contribution in [3.05, 3.63) is 50.6 Å². The number of fused-ring (bicyclic) bond motifs is 1. The lowest BCUT2D eigenvalue weighted by Crippen LogP contribution is -2.48. The third-order valence-corrected chi connectivity index (χ3v) is 9.70. The Morgan fingerprint density at radius 2 is 2.24 bits per heavy atom. The smallest absolute Gasteiger partial charge is 0.342 e. The molecule has 8 rings (SSSR count). The molecule has 2 bridgehead atoms. The van der Waals surface area contributed by atoms with Crippen molar-refractivity contribution in [1.82, 2.24) is 4.40 Å². The molecule has 174 valence electrons. The molecular formula is C25H23FN4O3S. The lowest BCUT2D eigenvalue weighted by molar-refractivity contribution is 0.0697. The summed E-state index contributed by atoms with van der Waals surface area (Å²) in [7, 11) is 1.65. The number of hydrogen-bond acceptors (Lipinski definition) is 6. The standard InChI is InChI=1S/C25H23FN4O3S/c1-28-19-16-9-34-23-18(24(32)33)22(31)12-6-15(26)21(17(19)20(12)30(16)23)29-7-13-11-2-4-25(10-27,5-3-11)14(13)8-29/h2,4,6,9,11,13-14H,3,5,7-8,10,27H2,1H3,(H,32,33). The van der Waals surface area contributed by atoms with Crippen LogP contribution in [0.2, 0.25) is 0 Å². The molecule has 1 saturated heterocycles. The highest BCUT2D eigenvalue weighted by atomic mass is 32.1. The van der Waals surface area contributed by atoms with Crippen LogP contribution < -0.4 is 21.4 Å². The number of benzene rings is 1. The van der Waals surface area contributed by atoms with Crippen molar-refractivity contribution in [1.29, 1.82) is 0 Å². The molecule has 0 radical (unpaired) electrons. The van der Waals surface area contributed by atoms with E-state index in [4.69, 9.17) is 5.73 Å². The highest BCUT2D eigenvalue weighted by Gasteiger charge is 2.54. The SMILES string of the molecule is CN=c1c2c(N3CC4C5C=CC(CN)(CC5)C4C3)c(F)cc3c(=O)c(C(=O)O)c4scc1n4c32. The van der Waals surface area contributed by atoms with Crippen molar-refractivity contribution in [3.8, 4) is 0 Å². The van der Waals surface area contributed by atoms with E-state index in [2.05, 4.69) is 22.0 Å². The van der Waals surface area contributed by atoms with Crippen LogP contribution in [0.1, 0.15) is 23.2 Å². The van der Waals surface area contributed by atoms with Crippen LogP contribution in [-0.4, -0.2) is 42.2 Å². The van der Waals surface area contributed by atoms with Gasteiger partial charge in [0.1, 0.15) is 16.2 Å². The second-order valence-electron chi connectivity index (χ2n) is 10.00. The van der Waals surface area contributed by atoms with Crippen LogP contribution in [-0.2, 0) is 0 Å². The number of anilines is 1. The summed E-state index contributed by atoms with van der Waals surface area (Å²) in [4.78, 5) is 32.1. The van der Waals surface area contributed by atoms with Crippen molar-refractivity contribution >= 4 is 49.6 Å². The number of allylic oxidation sites excluding steroid dienone is 1. The summed E-state index contributed by atoms with van der Waals surface area (Å²) in [6.07, 6.45) is 6.79. The van der Waals surface area contributed by atoms with E-state index in [0.29, 0.717) is 63.1 Å². The number of rotatable bonds is 3. The fraction of sp³-hybridized carbons (Fsp3) is 0.400. The second-order valence-corrected chi connectivity index (χ2v) is 10.9.